The Labute approximate surface area is 89.2 Å². The third kappa shape index (κ3) is 2.04. The van der Waals surface area contributed by atoms with Crippen molar-refractivity contribution in [2.24, 2.45) is 0 Å². The van der Waals surface area contributed by atoms with E-state index in [1.54, 1.807) is 0 Å². The molecular weight excluding hydrogens is 214 g/mol. The summed E-state index contributed by atoms with van der Waals surface area (Å²) in [5.41, 5.74) is 2.11. The number of aliphatic hydroxyl groups excluding tert-OH is 1. The van der Waals surface area contributed by atoms with Crippen LogP contribution in [0.2, 0.25) is 0 Å². The van der Waals surface area contributed by atoms with Gasteiger partial charge in [-0.05, 0) is 11.1 Å². The standard InChI is InChI=1S/C10H13NO3S/c12-5-6-15(13,14)11-7-9-3-1-2-4-10(9)8-11/h1-4,12H,5-8H2. The molecule has 1 aromatic carbocycles. The van der Waals surface area contributed by atoms with Crippen molar-refractivity contribution in [3.05, 3.63) is 35.4 Å². The van der Waals surface area contributed by atoms with Crippen molar-refractivity contribution >= 4 is 10.0 Å². The summed E-state index contributed by atoms with van der Waals surface area (Å²) in [6.45, 7) is 0.534. The first-order chi connectivity index (χ1) is 7.13. The summed E-state index contributed by atoms with van der Waals surface area (Å²) in [5, 5.41) is 8.67. The van der Waals surface area contributed by atoms with E-state index in [0.717, 1.165) is 11.1 Å². The van der Waals surface area contributed by atoms with E-state index in [2.05, 4.69) is 0 Å². The van der Waals surface area contributed by atoms with Gasteiger partial charge in [0, 0.05) is 13.1 Å². The zero-order chi connectivity index (χ0) is 10.9. The van der Waals surface area contributed by atoms with Crippen molar-refractivity contribution in [2.45, 2.75) is 13.1 Å². The van der Waals surface area contributed by atoms with Crippen LogP contribution in [0.4, 0.5) is 0 Å². The number of rotatable bonds is 3. The number of hydrogen-bond acceptors (Lipinski definition) is 3. The molecule has 1 heterocycles. The van der Waals surface area contributed by atoms with Crippen LogP contribution in [0.15, 0.2) is 24.3 Å². The molecule has 4 nitrogen and oxygen atoms in total. The fourth-order valence-corrected chi connectivity index (χ4v) is 2.90. The number of sulfonamides is 1. The van der Waals surface area contributed by atoms with E-state index in [9.17, 15) is 8.42 Å². The van der Waals surface area contributed by atoms with E-state index in [0.29, 0.717) is 13.1 Å². The maximum atomic E-state index is 11.7. The third-order valence-corrected chi connectivity index (χ3v) is 4.30. The number of benzene rings is 1. The highest BCUT2D eigenvalue weighted by Gasteiger charge is 2.27. The molecule has 1 N–H and O–H groups in total. The van der Waals surface area contributed by atoms with Gasteiger partial charge in [0.15, 0.2) is 0 Å². The van der Waals surface area contributed by atoms with E-state index in [1.807, 2.05) is 24.3 Å². The molecule has 0 radical (unpaired) electrons. The fourth-order valence-electron chi connectivity index (χ4n) is 1.74. The Morgan fingerprint density at radius 2 is 1.73 bits per heavy atom. The van der Waals surface area contributed by atoms with E-state index in [4.69, 9.17) is 5.11 Å². The molecule has 0 amide bonds. The minimum atomic E-state index is -3.29. The molecule has 0 aromatic heterocycles. The lowest BCUT2D eigenvalue weighted by Crippen LogP contribution is -2.29. The summed E-state index contributed by atoms with van der Waals surface area (Å²) in [4.78, 5) is 0. The largest absolute Gasteiger partial charge is 0.395 e. The second kappa shape index (κ2) is 3.92. The predicted octanol–water partition coefficient (Wildman–Crippen LogP) is 0.324. The molecule has 0 spiro atoms. The van der Waals surface area contributed by atoms with Gasteiger partial charge in [-0.1, -0.05) is 24.3 Å². The second-order valence-corrected chi connectivity index (χ2v) is 5.66. The Balaban J connectivity index is 2.20. The topological polar surface area (TPSA) is 57.6 Å². The Kier molecular flexibility index (Phi) is 2.77. The van der Waals surface area contributed by atoms with Gasteiger partial charge < -0.3 is 5.11 Å². The molecule has 0 saturated heterocycles. The summed E-state index contributed by atoms with van der Waals surface area (Å²) in [6, 6.07) is 7.68. The summed E-state index contributed by atoms with van der Waals surface area (Å²) in [6.07, 6.45) is 0. The summed E-state index contributed by atoms with van der Waals surface area (Å²) < 4.78 is 24.7. The number of fused-ring (bicyclic) bond motifs is 1. The zero-order valence-corrected chi connectivity index (χ0v) is 9.07. The Morgan fingerprint density at radius 1 is 1.20 bits per heavy atom. The molecule has 0 saturated carbocycles. The summed E-state index contributed by atoms with van der Waals surface area (Å²) in [7, 11) is -3.29. The third-order valence-electron chi connectivity index (χ3n) is 2.55. The van der Waals surface area contributed by atoms with Crippen molar-refractivity contribution in [3.8, 4) is 0 Å². The predicted molar refractivity (Wildman–Crippen MR) is 56.6 cm³/mol. The highest BCUT2D eigenvalue weighted by atomic mass is 32.2. The van der Waals surface area contributed by atoms with Gasteiger partial charge in [-0.15, -0.1) is 0 Å². The average Bonchev–Trinajstić information content (AvgIpc) is 2.61. The molecule has 0 unspecified atom stereocenters. The first-order valence-corrected chi connectivity index (χ1v) is 6.40. The normalized spacial score (nSPS) is 16.6. The van der Waals surface area contributed by atoms with Gasteiger partial charge in [0.1, 0.15) is 0 Å². The van der Waals surface area contributed by atoms with Crippen molar-refractivity contribution in [1.29, 1.82) is 0 Å². The van der Waals surface area contributed by atoms with Gasteiger partial charge >= 0.3 is 0 Å². The van der Waals surface area contributed by atoms with Crippen LogP contribution in [0, 0.1) is 0 Å². The van der Waals surface area contributed by atoms with Gasteiger partial charge in [0.25, 0.3) is 0 Å². The minimum Gasteiger partial charge on any atom is -0.395 e. The lowest BCUT2D eigenvalue weighted by Gasteiger charge is -2.14. The van der Waals surface area contributed by atoms with Crippen LogP contribution in [-0.4, -0.2) is 30.2 Å². The van der Waals surface area contributed by atoms with Crippen LogP contribution in [0.3, 0.4) is 0 Å². The molecule has 15 heavy (non-hydrogen) atoms. The Morgan fingerprint density at radius 3 is 2.20 bits per heavy atom. The van der Waals surface area contributed by atoms with E-state index >= 15 is 0 Å². The first kappa shape index (κ1) is 10.6. The maximum absolute atomic E-state index is 11.7. The van der Waals surface area contributed by atoms with Crippen LogP contribution in [-0.2, 0) is 23.1 Å². The van der Waals surface area contributed by atoms with Crippen LogP contribution < -0.4 is 0 Å². The molecule has 0 atom stereocenters. The van der Waals surface area contributed by atoms with Gasteiger partial charge in [0.2, 0.25) is 10.0 Å². The smallest absolute Gasteiger partial charge is 0.216 e. The maximum Gasteiger partial charge on any atom is 0.216 e. The molecular formula is C10H13NO3S. The SMILES string of the molecule is O=S(=O)(CCO)N1Cc2ccccc2C1. The summed E-state index contributed by atoms with van der Waals surface area (Å²) >= 11 is 0. The lowest BCUT2D eigenvalue weighted by atomic mass is 10.1. The quantitative estimate of drug-likeness (QED) is 0.809. The molecule has 1 aromatic rings. The molecule has 1 aliphatic heterocycles. The molecule has 5 heteroatoms. The number of aliphatic hydroxyl groups is 1. The Hall–Kier alpha value is -0.910. The van der Waals surface area contributed by atoms with E-state index < -0.39 is 10.0 Å². The monoisotopic (exact) mass is 227 g/mol. The van der Waals surface area contributed by atoms with Crippen molar-refractivity contribution < 1.29 is 13.5 Å². The zero-order valence-electron chi connectivity index (χ0n) is 8.26. The summed E-state index contributed by atoms with van der Waals surface area (Å²) in [5.74, 6) is -0.193. The van der Waals surface area contributed by atoms with Crippen LogP contribution in [0.1, 0.15) is 11.1 Å². The van der Waals surface area contributed by atoms with Crippen LogP contribution in [0.25, 0.3) is 0 Å². The van der Waals surface area contributed by atoms with Crippen molar-refractivity contribution in [1.82, 2.24) is 4.31 Å². The molecule has 1 aliphatic rings. The van der Waals surface area contributed by atoms with E-state index in [-0.39, 0.29) is 12.4 Å². The Bertz CT molecular complexity index is 430. The average molecular weight is 227 g/mol. The fraction of sp³-hybridized carbons (Fsp3) is 0.400. The molecule has 2 rings (SSSR count). The molecule has 0 bridgehead atoms. The van der Waals surface area contributed by atoms with Crippen molar-refractivity contribution in [3.63, 3.8) is 0 Å². The number of hydrogen-bond donors (Lipinski definition) is 1. The van der Waals surface area contributed by atoms with Crippen LogP contribution in [0.5, 0.6) is 0 Å². The molecule has 0 fully saturated rings. The lowest BCUT2D eigenvalue weighted by molar-refractivity contribution is 0.314. The highest BCUT2D eigenvalue weighted by molar-refractivity contribution is 7.89. The highest BCUT2D eigenvalue weighted by Crippen LogP contribution is 2.24. The minimum absolute atomic E-state index is 0.193. The second-order valence-electron chi connectivity index (χ2n) is 3.58. The van der Waals surface area contributed by atoms with Crippen LogP contribution >= 0.6 is 0 Å². The van der Waals surface area contributed by atoms with Gasteiger partial charge in [0.05, 0.1) is 12.4 Å². The number of nitrogens with zero attached hydrogens (tertiary/aromatic N) is 1. The molecule has 0 aliphatic carbocycles. The van der Waals surface area contributed by atoms with Gasteiger partial charge in [-0.3, -0.25) is 0 Å². The van der Waals surface area contributed by atoms with E-state index in [1.165, 1.54) is 4.31 Å². The van der Waals surface area contributed by atoms with Gasteiger partial charge in [-0.2, -0.15) is 4.31 Å². The van der Waals surface area contributed by atoms with Crippen molar-refractivity contribution in [2.75, 3.05) is 12.4 Å². The van der Waals surface area contributed by atoms with Gasteiger partial charge in [-0.25, -0.2) is 8.42 Å². The molecule has 82 valence electrons. The first-order valence-electron chi connectivity index (χ1n) is 4.79.